The monoisotopic (exact) mass is 365 g/mol. The van der Waals surface area contributed by atoms with E-state index < -0.39 is 17.6 Å². The first kappa shape index (κ1) is 19.3. The molecule has 0 spiro atoms. The second-order valence-electron chi connectivity index (χ2n) is 5.76. The fourth-order valence-corrected chi connectivity index (χ4v) is 2.08. The minimum absolute atomic E-state index is 0.0472. The molecule has 2 aromatic rings. The molecule has 0 aromatic heterocycles. The van der Waals surface area contributed by atoms with E-state index in [1.807, 2.05) is 0 Å². The lowest BCUT2D eigenvalue weighted by Crippen LogP contribution is -2.28. The average molecular weight is 365 g/mol. The molecule has 26 heavy (non-hydrogen) atoms. The molecule has 0 unspecified atom stereocenters. The third-order valence-corrected chi connectivity index (χ3v) is 3.52. The molecule has 2 amide bonds. The van der Waals surface area contributed by atoms with E-state index in [1.54, 1.807) is 26.2 Å². The quantitative estimate of drug-likeness (QED) is 0.853. The summed E-state index contributed by atoms with van der Waals surface area (Å²) < 4.78 is 38.2. The number of nitrogens with zero attached hydrogens (tertiary/aromatic N) is 1. The minimum atomic E-state index is -4.48. The molecule has 2 rings (SSSR count). The smallest absolute Gasteiger partial charge is 0.376 e. The SMILES string of the molecule is CN(C)C(=O)CNc1cccc(C(=O)Nc2cccc(C(F)(F)F)c2)c1. The van der Waals surface area contributed by atoms with E-state index in [-0.39, 0.29) is 23.7 Å². The predicted octanol–water partition coefficient (Wildman–Crippen LogP) is 3.46. The number of hydrogen-bond acceptors (Lipinski definition) is 3. The van der Waals surface area contributed by atoms with Gasteiger partial charge in [-0.1, -0.05) is 12.1 Å². The van der Waals surface area contributed by atoms with Gasteiger partial charge in [-0.25, -0.2) is 0 Å². The first-order chi connectivity index (χ1) is 12.2. The van der Waals surface area contributed by atoms with Gasteiger partial charge in [-0.15, -0.1) is 0 Å². The Morgan fingerprint density at radius 1 is 1.00 bits per heavy atom. The van der Waals surface area contributed by atoms with Crippen LogP contribution in [0.5, 0.6) is 0 Å². The predicted molar refractivity (Wildman–Crippen MR) is 93.0 cm³/mol. The summed E-state index contributed by atoms with van der Waals surface area (Å²) in [6, 6.07) is 10.8. The van der Waals surface area contributed by atoms with Crippen LogP contribution < -0.4 is 10.6 Å². The maximum atomic E-state index is 12.7. The molecule has 2 N–H and O–H groups in total. The molecule has 0 fully saturated rings. The van der Waals surface area contributed by atoms with Gasteiger partial charge in [0.25, 0.3) is 5.91 Å². The van der Waals surface area contributed by atoms with Crippen molar-refractivity contribution in [2.24, 2.45) is 0 Å². The number of nitrogens with one attached hydrogen (secondary N) is 2. The largest absolute Gasteiger partial charge is 0.416 e. The molecular weight excluding hydrogens is 347 g/mol. The van der Waals surface area contributed by atoms with Gasteiger partial charge < -0.3 is 15.5 Å². The average Bonchev–Trinajstić information content (AvgIpc) is 2.59. The molecular formula is C18H18F3N3O2. The molecule has 0 bridgehead atoms. The van der Waals surface area contributed by atoms with Gasteiger partial charge in [-0.3, -0.25) is 9.59 Å². The normalized spacial score (nSPS) is 11.0. The Kier molecular flexibility index (Phi) is 5.86. The van der Waals surface area contributed by atoms with E-state index in [2.05, 4.69) is 10.6 Å². The van der Waals surface area contributed by atoms with Crippen LogP contribution in [0.15, 0.2) is 48.5 Å². The minimum Gasteiger partial charge on any atom is -0.376 e. The fraction of sp³-hybridized carbons (Fsp3) is 0.222. The van der Waals surface area contributed by atoms with Gasteiger partial charge in [-0.05, 0) is 36.4 Å². The van der Waals surface area contributed by atoms with Gasteiger partial charge in [0.15, 0.2) is 0 Å². The molecule has 5 nitrogen and oxygen atoms in total. The number of amides is 2. The topological polar surface area (TPSA) is 61.4 Å². The summed E-state index contributed by atoms with van der Waals surface area (Å²) in [7, 11) is 3.26. The van der Waals surface area contributed by atoms with E-state index >= 15 is 0 Å². The van der Waals surface area contributed by atoms with Crippen LogP contribution in [-0.4, -0.2) is 37.4 Å². The summed E-state index contributed by atoms with van der Waals surface area (Å²) in [5, 5.41) is 5.33. The summed E-state index contributed by atoms with van der Waals surface area (Å²) in [5.41, 5.74) is 0.0143. The van der Waals surface area contributed by atoms with Crippen molar-refractivity contribution in [3.05, 3.63) is 59.7 Å². The summed E-state index contributed by atoms with van der Waals surface area (Å²) in [6.45, 7) is 0.0612. The lowest BCUT2D eigenvalue weighted by atomic mass is 10.1. The zero-order valence-electron chi connectivity index (χ0n) is 14.2. The second-order valence-corrected chi connectivity index (χ2v) is 5.76. The number of benzene rings is 2. The highest BCUT2D eigenvalue weighted by Crippen LogP contribution is 2.30. The molecule has 0 aliphatic rings. The summed E-state index contributed by atoms with van der Waals surface area (Å²) >= 11 is 0. The molecule has 0 heterocycles. The number of likely N-dealkylation sites (N-methyl/N-ethyl adjacent to an activating group) is 1. The first-order valence-corrected chi connectivity index (χ1v) is 7.69. The number of anilines is 2. The second kappa shape index (κ2) is 7.90. The summed E-state index contributed by atoms with van der Waals surface area (Å²) in [4.78, 5) is 25.3. The third-order valence-electron chi connectivity index (χ3n) is 3.52. The number of rotatable bonds is 5. The molecule has 138 valence electrons. The van der Waals surface area contributed by atoms with Crippen LogP contribution in [0.4, 0.5) is 24.5 Å². The Morgan fingerprint density at radius 2 is 1.65 bits per heavy atom. The van der Waals surface area contributed by atoms with Crippen LogP contribution >= 0.6 is 0 Å². The van der Waals surface area contributed by atoms with Crippen molar-refractivity contribution < 1.29 is 22.8 Å². The Balaban J connectivity index is 2.08. The van der Waals surface area contributed by atoms with E-state index in [4.69, 9.17) is 0 Å². The van der Waals surface area contributed by atoms with Crippen molar-refractivity contribution >= 4 is 23.2 Å². The van der Waals surface area contributed by atoms with Crippen molar-refractivity contribution in [1.82, 2.24) is 4.90 Å². The lowest BCUT2D eigenvalue weighted by molar-refractivity contribution is -0.137. The van der Waals surface area contributed by atoms with Gasteiger partial charge in [0, 0.05) is 31.0 Å². The van der Waals surface area contributed by atoms with Crippen LogP contribution in [0.2, 0.25) is 0 Å². The van der Waals surface area contributed by atoms with Crippen LogP contribution in [0.1, 0.15) is 15.9 Å². The molecule has 0 aliphatic heterocycles. The number of halogens is 3. The van der Waals surface area contributed by atoms with Gasteiger partial charge in [0.1, 0.15) is 0 Å². The highest BCUT2D eigenvalue weighted by Gasteiger charge is 2.30. The van der Waals surface area contributed by atoms with Gasteiger partial charge in [0.05, 0.1) is 12.1 Å². The first-order valence-electron chi connectivity index (χ1n) is 7.69. The molecule has 0 saturated carbocycles. The standard InChI is InChI=1S/C18H18F3N3O2/c1-24(2)16(25)11-22-14-7-3-5-12(9-14)17(26)23-15-8-4-6-13(10-15)18(19,20)21/h3-10,22H,11H2,1-2H3,(H,23,26). The zero-order chi connectivity index (χ0) is 19.3. The molecule has 8 heteroatoms. The maximum Gasteiger partial charge on any atom is 0.416 e. The van der Waals surface area contributed by atoms with E-state index in [0.717, 1.165) is 12.1 Å². The van der Waals surface area contributed by atoms with E-state index in [0.29, 0.717) is 5.69 Å². The van der Waals surface area contributed by atoms with Gasteiger partial charge >= 0.3 is 6.18 Å². The Hall–Kier alpha value is -3.03. The van der Waals surface area contributed by atoms with E-state index in [9.17, 15) is 22.8 Å². The van der Waals surface area contributed by atoms with Crippen molar-refractivity contribution in [3.63, 3.8) is 0 Å². The third kappa shape index (κ3) is 5.23. The Labute approximate surface area is 148 Å². The van der Waals surface area contributed by atoms with Crippen LogP contribution in [0.3, 0.4) is 0 Å². The van der Waals surface area contributed by atoms with Crippen LogP contribution in [0.25, 0.3) is 0 Å². The highest BCUT2D eigenvalue weighted by atomic mass is 19.4. The van der Waals surface area contributed by atoms with Gasteiger partial charge in [-0.2, -0.15) is 13.2 Å². The number of carbonyl (C=O) groups is 2. The molecule has 0 aliphatic carbocycles. The number of carbonyl (C=O) groups excluding carboxylic acids is 2. The zero-order valence-corrected chi connectivity index (χ0v) is 14.2. The van der Waals surface area contributed by atoms with Gasteiger partial charge in [0.2, 0.25) is 5.91 Å². The number of alkyl halides is 3. The molecule has 0 atom stereocenters. The van der Waals surface area contributed by atoms with Crippen LogP contribution in [-0.2, 0) is 11.0 Å². The molecule has 0 saturated heterocycles. The van der Waals surface area contributed by atoms with Crippen molar-refractivity contribution in [1.29, 1.82) is 0 Å². The molecule has 2 aromatic carbocycles. The molecule has 0 radical (unpaired) electrons. The maximum absolute atomic E-state index is 12.7. The lowest BCUT2D eigenvalue weighted by Gasteiger charge is -2.13. The Morgan fingerprint density at radius 3 is 2.31 bits per heavy atom. The highest BCUT2D eigenvalue weighted by molar-refractivity contribution is 6.04. The van der Waals surface area contributed by atoms with Crippen molar-refractivity contribution in [2.45, 2.75) is 6.18 Å². The summed E-state index contributed by atoms with van der Waals surface area (Å²) in [6.07, 6.45) is -4.48. The van der Waals surface area contributed by atoms with Crippen molar-refractivity contribution in [2.75, 3.05) is 31.3 Å². The Bertz CT molecular complexity index is 804. The van der Waals surface area contributed by atoms with Crippen molar-refractivity contribution in [3.8, 4) is 0 Å². The summed E-state index contributed by atoms with van der Waals surface area (Å²) in [5.74, 6) is -0.685. The number of hydrogen-bond donors (Lipinski definition) is 2. The fourth-order valence-electron chi connectivity index (χ4n) is 2.08. The van der Waals surface area contributed by atoms with Crippen LogP contribution in [0, 0.1) is 0 Å². The van der Waals surface area contributed by atoms with E-state index in [1.165, 1.54) is 29.2 Å².